The standard InChI is InChI=1S/C11H9F2N3O.C5H4FN/c12-8-4-3-7(6-9(8)13)16-11(17)15-5-1-2-10(15)14-16;6-5-2-1-3-7-4-5/h3-4,6H,1-2,5H2;1-4H. The Labute approximate surface area is 135 Å². The van der Waals surface area contributed by atoms with E-state index in [2.05, 4.69) is 10.1 Å². The zero-order valence-corrected chi connectivity index (χ0v) is 12.5. The first-order valence-electron chi connectivity index (χ1n) is 7.26. The Morgan fingerprint density at radius 3 is 2.50 bits per heavy atom. The molecule has 1 aromatic carbocycles. The van der Waals surface area contributed by atoms with Crippen LogP contribution < -0.4 is 5.69 Å². The van der Waals surface area contributed by atoms with Crippen molar-refractivity contribution in [3.8, 4) is 5.69 Å². The van der Waals surface area contributed by atoms with Gasteiger partial charge in [-0.25, -0.2) is 18.0 Å². The van der Waals surface area contributed by atoms with Crippen molar-refractivity contribution in [2.24, 2.45) is 0 Å². The van der Waals surface area contributed by atoms with E-state index in [0.717, 1.165) is 29.7 Å². The highest BCUT2D eigenvalue weighted by molar-refractivity contribution is 5.31. The van der Waals surface area contributed by atoms with Crippen LogP contribution in [0, 0.1) is 17.5 Å². The van der Waals surface area contributed by atoms with Gasteiger partial charge >= 0.3 is 5.69 Å². The summed E-state index contributed by atoms with van der Waals surface area (Å²) in [5.41, 5.74) is -0.0562. The monoisotopic (exact) mass is 334 g/mol. The summed E-state index contributed by atoms with van der Waals surface area (Å²) < 4.78 is 40.4. The minimum Gasteiger partial charge on any atom is -0.279 e. The average Bonchev–Trinajstić information content (AvgIpc) is 3.15. The Bertz CT molecular complexity index is 905. The molecule has 24 heavy (non-hydrogen) atoms. The molecule has 0 radical (unpaired) electrons. The molecule has 4 rings (SSSR count). The Balaban J connectivity index is 0.000000203. The number of halogens is 3. The average molecular weight is 334 g/mol. The summed E-state index contributed by atoms with van der Waals surface area (Å²) >= 11 is 0. The fourth-order valence-corrected chi connectivity index (χ4v) is 2.37. The number of hydrogen-bond acceptors (Lipinski definition) is 3. The first-order valence-corrected chi connectivity index (χ1v) is 7.26. The molecule has 0 N–H and O–H groups in total. The zero-order chi connectivity index (χ0) is 17.1. The predicted molar refractivity (Wildman–Crippen MR) is 80.3 cm³/mol. The highest BCUT2D eigenvalue weighted by Gasteiger charge is 2.19. The number of pyridine rings is 1. The fraction of sp³-hybridized carbons (Fsp3) is 0.188. The van der Waals surface area contributed by atoms with Crippen LogP contribution in [0.2, 0.25) is 0 Å². The van der Waals surface area contributed by atoms with Crippen LogP contribution in [0.3, 0.4) is 0 Å². The van der Waals surface area contributed by atoms with Gasteiger partial charge in [-0.05, 0) is 30.7 Å². The van der Waals surface area contributed by atoms with Crippen molar-refractivity contribution in [2.45, 2.75) is 19.4 Å². The van der Waals surface area contributed by atoms with Crippen LogP contribution >= 0.6 is 0 Å². The molecule has 0 atom stereocenters. The molecule has 8 heteroatoms. The van der Waals surface area contributed by atoms with Gasteiger partial charge in [-0.3, -0.25) is 9.55 Å². The van der Waals surface area contributed by atoms with Gasteiger partial charge in [0.2, 0.25) is 0 Å². The van der Waals surface area contributed by atoms with Crippen molar-refractivity contribution < 1.29 is 13.2 Å². The van der Waals surface area contributed by atoms with Crippen LogP contribution in [-0.2, 0) is 13.0 Å². The molecule has 0 unspecified atom stereocenters. The molecule has 0 saturated heterocycles. The van der Waals surface area contributed by atoms with Crippen molar-refractivity contribution in [1.29, 1.82) is 0 Å². The Hall–Kier alpha value is -2.90. The summed E-state index contributed by atoms with van der Waals surface area (Å²) in [4.78, 5) is 15.4. The molecule has 0 fully saturated rings. The predicted octanol–water partition coefficient (Wildman–Crippen LogP) is 2.48. The number of nitrogens with zero attached hydrogens (tertiary/aromatic N) is 4. The molecular weight excluding hydrogens is 321 g/mol. The molecule has 3 heterocycles. The van der Waals surface area contributed by atoms with Crippen molar-refractivity contribution >= 4 is 0 Å². The number of aryl methyl sites for hydroxylation is 1. The number of rotatable bonds is 1. The van der Waals surface area contributed by atoms with Crippen molar-refractivity contribution in [3.63, 3.8) is 0 Å². The van der Waals surface area contributed by atoms with E-state index >= 15 is 0 Å². The summed E-state index contributed by atoms with van der Waals surface area (Å²) in [7, 11) is 0. The van der Waals surface area contributed by atoms with Gasteiger partial charge in [-0.2, -0.15) is 4.68 Å². The number of aromatic nitrogens is 4. The number of fused-ring (bicyclic) bond motifs is 1. The molecule has 0 amide bonds. The first kappa shape index (κ1) is 16.0. The molecule has 124 valence electrons. The normalized spacial score (nSPS) is 12.5. The highest BCUT2D eigenvalue weighted by atomic mass is 19.2. The van der Waals surface area contributed by atoms with E-state index in [1.54, 1.807) is 10.6 Å². The van der Waals surface area contributed by atoms with Crippen LogP contribution in [0.4, 0.5) is 13.2 Å². The molecule has 5 nitrogen and oxygen atoms in total. The van der Waals surface area contributed by atoms with E-state index in [1.165, 1.54) is 24.5 Å². The maximum atomic E-state index is 13.1. The summed E-state index contributed by atoms with van der Waals surface area (Å²) in [5.74, 6) is -1.52. The molecule has 0 spiro atoms. The van der Waals surface area contributed by atoms with Crippen molar-refractivity contribution in [1.82, 2.24) is 19.3 Å². The van der Waals surface area contributed by atoms with Crippen molar-refractivity contribution in [2.75, 3.05) is 0 Å². The summed E-state index contributed by atoms with van der Waals surface area (Å²) in [5, 5.41) is 4.11. The molecule has 1 aliphatic rings. The number of hydrogen-bond donors (Lipinski definition) is 0. The highest BCUT2D eigenvalue weighted by Crippen LogP contribution is 2.14. The molecule has 0 aliphatic carbocycles. The summed E-state index contributed by atoms with van der Waals surface area (Å²) in [6.45, 7) is 0.637. The van der Waals surface area contributed by atoms with E-state index in [-0.39, 0.29) is 17.2 Å². The van der Waals surface area contributed by atoms with Crippen LogP contribution in [0.1, 0.15) is 12.2 Å². The SMILES string of the molecule is Fc1cccnc1.O=c1n(-c2ccc(F)c(F)c2)nc2n1CCC2. The second-order valence-corrected chi connectivity index (χ2v) is 5.14. The van der Waals surface area contributed by atoms with Gasteiger partial charge in [-0.1, -0.05) is 0 Å². The number of benzene rings is 1. The third-order valence-corrected chi connectivity index (χ3v) is 3.49. The maximum absolute atomic E-state index is 13.1. The lowest BCUT2D eigenvalue weighted by atomic mass is 10.3. The van der Waals surface area contributed by atoms with Gasteiger partial charge in [0.15, 0.2) is 11.6 Å². The molecule has 0 bridgehead atoms. The first-order chi connectivity index (χ1) is 11.6. The van der Waals surface area contributed by atoms with E-state index < -0.39 is 11.6 Å². The van der Waals surface area contributed by atoms with Crippen LogP contribution in [-0.4, -0.2) is 19.3 Å². The lowest BCUT2D eigenvalue weighted by molar-refractivity contribution is 0.507. The third kappa shape index (κ3) is 3.22. The Morgan fingerprint density at radius 2 is 1.92 bits per heavy atom. The quantitative estimate of drug-likeness (QED) is 0.687. The van der Waals surface area contributed by atoms with Gasteiger partial charge in [0, 0.05) is 25.2 Å². The van der Waals surface area contributed by atoms with Gasteiger partial charge in [0.1, 0.15) is 11.6 Å². The fourth-order valence-electron chi connectivity index (χ4n) is 2.37. The smallest absolute Gasteiger partial charge is 0.279 e. The third-order valence-electron chi connectivity index (χ3n) is 3.49. The lowest BCUT2D eigenvalue weighted by Gasteiger charge is -2.00. The van der Waals surface area contributed by atoms with E-state index in [9.17, 15) is 18.0 Å². The minimum atomic E-state index is -0.984. The van der Waals surface area contributed by atoms with Gasteiger partial charge in [0.05, 0.1) is 11.9 Å². The molecule has 1 aliphatic heterocycles. The topological polar surface area (TPSA) is 52.7 Å². The second-order valence-electron chi connectivity index (χ2n) is 5.14. The van der Waals surface area contributed by atoms with E-state index in [1.807, 2.05) is 0 Å². The van der Waals surface area contributed by atoms with Crippen LogP contribution in [0.5, 0.6) is 0 Å². The van der Waals surface area contributed by atoms with E-state index in [4.69, 9.17) is 0 Å². The second kappa shape index (κ2) is 6.69. The van der Waals surface area contributed by atoms with Gasteiger partial charge < -0.3 is 0 Å². The summed E-state index contributed by atoms with van der Waals surface area (Å²) in [6.07, 6.45) is 4.34. The van der Waals surface area contributed by atoms with Gasteiger partial charge in [-0.15, -0.1) is 5.10 Å². The lowest BCUT2D eigenvalue weighted by Crippen LogP contribution is -2.23. The van der Waals surface area contributed by atoms with E-state index in [0.29, 0.717) is 12.4 Å². The Morgan fingerprint density at radius 1 is 1.08 bits per heavy atom. The summed E-state index contributed by atoms with van der Waals surface area (Å²) in [6, 6.07) is 6.20. The Kier molecular flexibility index (Phi) is 4.45. The molecule has 0 saturated carbocycles. The molecule has 3 aromatic rings. The molecule has 2 aromatic heterocycles. The molecular formula is C16H13F3N4O. The minimum absolute atomic E-state index is 0.246. The van der Waals surface area contributed by atoms with Gasteiger partial charge in [0.25, 0.3) is 0 Å². The zero-order valence-electron chi connectivity index (χ0n) is 12.5. The van der Waals surface area contributed by atoms with Crippen molar-refractivity contribution in [3.05, 3.63) is 76.5 Å². The van der Waals surface area contributed by atoms with Crippen LogP contribution in [0.15, 0.2) is 47.5 Å². The van der Waals surface area contributed by atoms with Crippen LogP contribution in [0.25, 0.3) is 5.69 Å². The maximum Gasteiger partial charge on any atom is 0.350 e. The largest absolute Gasteiger partial charge is 0.350 e.